The van der Waals surface area contributed by atoms with Gasteiger partial charge in [-0.1, -0.05) is 96.5 Å². The molecule has 1 N–H and O–H groups in total. The minimum absolute atomic E-state index is 0.244. The highest BCUT2D eigenvalue weighted by Gasteiger charge is 2.19. The van der Waals surface area contributed by atoms with Crippen molar-refractivity contribution in [3.05, 3.63) is 58.1 Å². The van der Waals surface area contributed by atoms with Crippen molar-refractivity contribution >= 4 is 21.5 Å². The molecule has 0 saturated heterocycles. The van der Waals surface area contributed by atoms with Crippen LogP contribution in [0.2, 0.25) is 0 Å². The Bertz CT molecular complexity index is 1250. The number of unbranched alkanes of at least 4 members (excludes halogenated alkanes) is 13. The third kappa shape index (κ3) is 12.8. The number of hydrazone groups is 1. The molecule has 0 amide bonds. The molecule has 2 aromatic carbocycles. The van der Waals surface area contributed by atoms with Gasteiger partial charge in [-0.2, -0.15) is 13.2 Å². The first kappa shape index (κ1) is 35.9. The monoisotopic (exact) mass is 618 g/mol. The maximum atomic E-state index is 13.0. The van der Waals surface area contributed by atoms with Gasteiger partial charge in [-0.25, -0.2) is 0 Å². The molecule has 0 bridgehead atoms. The third-order valence-electron chi connectivity index (χ3n) is 7.46. The fraction of sp³-hybridized carbons (Fsp3) is 0.594. The minimum atomic E-state index is -4.16. The largest absolute Gasteiger partial charge is 0.493 e. The zero-order valence-corrected chi connectivity index (χ0v) is 27.2. The second-order valence-electron chi connectivity index (χ2n) is 10.9. The Hall–Kier alpha value is -3.34. The average molecular weight is 619 g/mol. The molecule has 0 fully saturated rings. The van der Waals surface area contributed by atoms with E-state index in [0.717, 1.165) is 25.3 Å². The number of non-ortho nitro benzene ring substituents is 1. The van der Waals surface area contributed by atoms with Crippen LogP contribution in [-0.2, 0) is 10.0 Å². The van der Waals surface area contributed by atoms with Crippen molar-refractivity contribution in [3.8, 4) is 11.5 Å². The lowest BCUT2D eigenvalue weighted by atomic mass is 10.0. The second-order valence-corrected chi connectivity index (χ2v) is 12.5. The smallest absolute Gasteiger partial charge is 0.276 e. The van der Waals surface area contributed by atoms with Crippen LogP contribution < -0.4 is 14.3 Å². The molecule has 240 valence electrons. The number of nitro groups is 1. The van der Waals surface area contributed by atoms with E-state index in [2.05, 4.69) is 16.9 Å². The molecular formula is C32H50N4O6S. The molecule has 0 aromatic heterocycles. The molecule has 0 radical (unpaired) electrons. The molecule has 0 atom stereocenters. The SMILES string of the molecule is CCCCCCCCCCCCCCCCN(C)/C(=N\NS(=O)(=O)c1cccc([N+](=O)[O-])c1)c1ccc(OC)c(OC)c1. The highest BCUT2D eigenvalue weighted by atomic mass is 32.2. The molecule has 0 spiro atoms. The maximum Gasteiger partial charge on any atom is 0.276 e. The van der Waals surface area contributed by atoms with Gasteiger partial charge in [0.15, 0.2) is 17.3 Å². The van der Waals surface area contributed by atoms with Crippen LogP contribution in [0.3, 0.4) is 0 Å². The number of nitrogens with zero attached hydrogens (tertiary/aromatic N) is 3. The van der Waals surface area contributed by atoms with Crippen molar-refractivity contribution in [2.45, 2.75) is 102 Å². The second kappa shape index (κ2) is 19.8. The molecule has 2 aromatic rings. The Balaban J connectivity index is 1.95. The molecule has 10 nitrogen and oxygen atoms in total. The van der Waals surface area contributed by atoms with E-state index in [-0.39, 0.29) is 10.6 Å². The summed E-state index contributed by atoms with van der Waals surface area (Å²) < 4.78 is 36.8. The summed E-state index contributed by atoms with van der Waals surface area (Å²) in [6.45, 7) is 2.92. The number of hydrogen-bond acceptors (Lipinski definition) is 7. The lowest BCUT2D eigenvalue weighted by Crippen LogP contribution is -2.32. The fourth-order valence-electron chi connectivity index (χ4n) is 4.92. The van der Waals surface area contributed by atoms with Gasteiger partial charge < -0.3 is 14.4 Å². The number of methoxy groups -OCH3 is 2. The van der Waals surface area contributed by atoms with E-state index >= 15 is 0 Å². The van der Waals surface area contributed by atoms with E-state index in [0.29, 0.717) is 29.4 Å². The highest BCUT2D eigenvalue weighted by molar-refractivity contribution is 7.89. The van der Waals surface area contributed by atoms with E-state index in [1.54, 1.807) is 25.3 Å². The number of benzene rings is 2. The van der Waals surface area contributed by atoms with Gasteiger partial charge in [0, 0.05) is 31.3 Å². The van der Waals surface area contributed by atoms with Crippen LogP contribution in [0.5, 0.6) is 11.5 Å². The number of rotatable bonds is 22. The molecule has 0 unspecified atom stereocenters. The Morgan fingerprint density at radius 2 is 1.40 bits per heavy atom. The van der Waals surface area contributed by atoms with Crippen molar-refractivity contribution < 1.29 is 22.8 Å². The van der Waals surface area contributed by atoms with Gasteiger partial charge in [-0.3, -0.25) is 10.1 Å². The molecule has 43 heavy (non-hydrogen) atoms. The van der Waals surface area contributed by atoms with Crippen LogP contribution in [0.1, 0.15) is 102 Å². The van der Waals surface area contributed by atoms with E-state index in [1.165, 1.54) is 95.9 Å². The van der Waals surface area contributed by atoms with Gasteiger partial charge in [0.1, 0.15) is 0 Å². The Kier molecular flexibility index (Phi) is 16.5. The first-order chi connectivity index (χ1) is 20.7. The van der Waals surface area contributed by atoms with Crippen LogP contribution in [0.15, 0.2) is 52.5 Å². The Morgan fingerprint density at radius 1 is 0.837 bits per heavy atom. The van der Waals surface area contributed by atoms with Crippen molar-refractivity contribution in [3.63, 3.8) is 0 Å². The summed E-state index contributed by atoms with van der Waals surface area (Å²) in [6.07, 6.45) is 17.8. The summed E-state index contributed by atoms with van der Waals surface area (Å²) in [5, 5.41) is 15.4. The minimum Gasteiger partial charge on any atom is -0.493 e. The topological polar surface area (TPSA) is 123 Å². The van der Waals surface area contributed by atoms with Crippen LogP contribution in [-0.4, -0.2) is 51.9 Å². The van der Waals surface area contributed by atoms with Gasteiger partial charge in [-0.15, -0.1) is 5.10 Å². The summed E-state index contributed by atoms with van der Waals surface area (Å²) in [5.74, 6) is 1.42. The molecule has 0 aliphatic heterocycles. The van der Waals surface area contributed by atoms with Gasteiger partial charge in [-0.05, 0) is 30.7 Å². The number of hydrogen-bond donors (Lipinski definition) is 1. The highest BCUT2D eigenvalue weighted by Crippen LogP contribution is 2.28. The standard InChI is InChI=1S/C32H50N4O6S/c1-5-6-7-8-9-10-11-12-13-14-15-16-17-18-24-35(2)32(27-22-23-30(41-3)31(25-27)42-4)33-34-43(39,40)29-21-19-20-28(26-29)36(37)38/h19-23,25-26,34H,5-18,24H2,1-4H3/b33-32-. The van der Waals surface area contributed by atoms with E-state index in [9.17, 15) is 18.5 Å². The Morgan fingerprint density at radius 3 is 1.93 bits per heavy atom. The van der Waals surface area contributed by atoms with Crippen molar-refractivity contribution in [1.82, 2.24) is 9.73 Å². The van der Waals surface area contributed by atoms with Crippen LogP contribution in [0.4, 0.5) is 5.69 Å². The van der Waals surface area contributed by atoms with E-state index in [4.69, 9.17) is 9.47 Å². The average Bonchev–Trinajstić information content (AvgIpc) is 3.01. The first-order valence-corrected chi connectivity index (χ1v) is 17.0. The Labute approximate surface area is 258 Å². The molecule has 11 heteroatoms. The normalized spacial score (nSPS) is 11.8. The molecule has 0 saturated carbocycles. The predicted molar refractivity (Wildman–Crippen MR) is 172 cm³/mol. The lowest BCUT2D eigenvalue weighted by Gasteiger charge is -2.22. The van der Waals surface area contributed by atoms with E-state index in [1.807, 2.05) is 11.9 Å². The first-order valence-electron chi connectivity index (χ1n) is 15.5. The summed E-state index contributed by atoms with van der Waals surface area (Å²) in [7, 11) is 0.778. The number of ether oxygens (including phenoxy) is 2. The van der Waals surface area contributed by atoms with Gasteiger partial charge in [0.2, 0.25) is 0 Å². The number of amidine groups is 1. The van der Waals surface area contributed by atoms with Crippen molar-refractivity contribution in [2.75, 3.05) is 27.8 Å². The van der Waals surface area contributed by atoms with Gasteiger partial charge in [0.25, 0.3) is 15.7 Å². The zero-order valence-electron chi connectivity index (χ0n) is 26.3. The summed E-state index contributed by atoms with van der Waals surface area (Å²) in [5.41, 5.74) is 0.314. The molecule has 0 aliphatic carbocycles. The number of nitro benzene ring substituents is 1. The fourth-order valence-corrected chi connectivity index (χ4v) is 5.76. The number of sulfonamides is 1. The zero-order chi connectivity index (χ0) is 31.5. The molecule has 0 heterocycles. The molecule has 2 rings (SSSR count). The quantitative estimate of drug-likeness (QED) is 0.0472. The summed E-state index contributed by atoms with van der Waals surface area (Å²) in [4.78, 5) is 14.4. The predicted octanol–water partition coefficient (Wildman–Crippen LogP) is 7.67. The number of nitrogens with one attached hydrogen (secondary N) is 1. The van der Waals surface area contributed by atoms with Crippen LogP contribution >= 0.6 is 0 Å². The van der Waals surface area contributed by atoms with Crippen LogP contribution in [0, 0.1) is 10.1 Å². The lowest BCUT2D eigenvalue weighted by molar-refractivity contribution is -0.385. The molecule has 0 aliphatic rings. The third-order valence-corrected chi connectivity index (χ3v) is 8.67. The van der Waals surface area contributed by atoms with Crippen LogP contribution in [0.25, 0.3) is 0 Å². The maximum absolute atomic E-state index is 13.0. The summed E-state index contributed by atoms with van der Waals surface area (Å²) in [6, 6.07) is 10.1. The molecular weight excluding hydrogens is 568 g/mol. The summed E-state index contributed by atoms with van der Waals surface area (Å²) >= 11 is 0. The van der Waals surface area contributed by atoms with Gasteiger partial charge >= 0.3 is 0 Å². The van der Waals surface area contributed by atoms with Crippen molar-refractivity contribution in [2.24, 2.45) is 5.10 Å². The van der Waals surface area contributed by atoms with Gasteiger partial charge in [0.05, 0.1) is 24.0 Å². The van der Waals surface area contributed by atoms with E-state index < -0.39 is 14.9 Å². The van der Waals surface area contributed by atoms with Crippen molar-refractivity contribution in [1.29, 1.82) is 0 Å².